The van der Waals surface area contributed by atoms with Gasteiger partial charge in [0.1, 0.15) is 12.4 Å². The number of aromatic nitrogens is 4. The van der Waals surface area contributed by atoms with Gasteiger partial charge < -0.3 is 5.32 Å². The van der Waals surface area contributed by atoms with E-state index in [-0.39, 0.29) is 24.8 Å². The average Bonchev–Trinajstić information content (AvgIpc) is 3.25. The van der Waals surface area contributed by atoms with Crippen LogP contribution in [0.25, 0.3) is 0 Å². The summed E-state index contributed by atoms with van der Waals surface area (Å²) in [6.07, 6.45) is -0.0682. The number of anilines is 1. The number of carbonyl (C=O) groups is 1. The summed E-state index contributed by atoms with van der Waals surface area (Å²) in [6, 6.07) is 7.28. The number of nitrogens with one attached hydrogen (secondary N) is 1. The minimum Gasteiger partial charge on any atom is -0.322 e. The lowest BCUT2D eigenvalue weighted by atomic mass is 10.2. The molecule has 10 heteroatoms. The molecule has 6 nitrogen and oxygen atoms in total. The van der Waals surface area contributed by atoms with Crippen molar-refractivity contribution < 1.29 is 22.4 Å². The fraction of sp³-hybridized carbons (Fsp3) is 0.316. The highest BCUT2D eigenvalue weighted by Gasteiger charge is 2.38. The molecule has 0 radical (unpaired) electrons. The fourth-order valence-electron chi connectivity index (χ4n) is 3.06. The minimum atomic E-state index is -4.56. The van der Waals surface area contributed by atoms with Crippen molar-refractivity contribution in [2.75, 3.05) is 5.32 Å². The van der Waals surface area contributed by atoms with Gasteiger partial charge in [0.2, 0.25) is 5.91 Å². The predicted octanol–water partition coefficient (Wildman–Crippen LogP) is 3.80. The number of alkyl halides is 3. The van der Waals surface area contributed by atoms with E-state index in [4.69, 9.17) is 0 Å². The zero-order valence-corrected chi connectivity index (χ0v) is 15.2. The molecule has 2 aromatic heterocycles. The quantitative estimate of drug-likeness (QED) is 0.632. The van der Waals surface area contributed by atoms with E-state index < -0.39 is 17.8 Å². The van der Waals surface area contributed by atoms with Gasteiger partial charge in [-0.2, -0.15) is 23.4 Å². The Kier molecular flexibility index (Phi) is 4.85. The van der Waals surface area contributed by atoms with E-state index in [1.54, 1.807) is 18.2 Å². The maximum absolute atomic E-state index is 13.7. The lowest BCUT2D eigenvalue weighted by Gasteiger charge is -2.07. The van der Waals surface area contributed by atoms with Crippen molar-refractivity contribution in [3.05, 3.63) is 65.5 Å². The maximum Gasteiger partial charge on any atom is 0.435 e. The van der Waals surface area contributed by atoms with Crippen molar-refractivity contribution in [3.63, 3.8) is 0 Å². The van der Waals surface area contributed by atoms with Crippen molar-refractivity contribution in [2.24, 2.45) is 0 Å². The molecule has 0 spiro atoms. The zero-order chi connectivity index (χ0) is 20.6. The van der Waals surface area contributed by atoms with Crippen molar-refractivity contribution in [1.82, 2.24) is 19.6 Å². The van der Waals surface area contributed by atoms with Gasteiger partial charge in [-0.1, -0.05) is 18.2 Å². The number of nitrogens with zero attached hydrogens (tertiary/aromatic N) is 4. The van der Waals surface area contributed by atoms with Crippen LogP contribution in [-0.2, 0) is 24.1 Å². The van der Waals surface area contributed by atoms with E-state index in [1.165, 1.54) is 23.1 Å². The third-order valence-electron chi connectivity index (χ3n) is 4.60. The second kappa shape index (κ2) is 7.34. The summed E-state index contributed by atoms with van der Waals surface area (Å²) in [7, 11) is 0. The molecule has 0 aliphatic heterocycles. The van der Waals surface area contributed by atoms with Crippen molar-refractivity contribution in [1.29, 1.82) is 0 Å². The third-order valence-corrected chi connectivity index (χ3v) is 4.60. The number of amides is 1. The summed E-state index contributed by atoms with van der Waals surface area (Å²) in [4.78, 5) is 12.3. The molecule has 0 saturated heterocycles. The van der Waals surface area contributed by atoms with Crippen molar-refractivity contribution >= 4 is 11.6 Å². The Balaban J connectivity index is 1.42. The number of rotatable bonds is 6. The highest BCUT2D eigenvalue weighted by molar-refractivity contribution is 5.90. The van der Waals surface area contributed by atoms with Gasteiger partial charge >= 0.3 is 6.18 Å². The first kappa shape index (κ1) is 19.2. The number of halogens is 4. The third kappa shape index (κ3) is 4.47. The van der Waals surface area contributed by atoms with E-state index in [9.17, 15) is 22.4 Å². The van der Waals surface area contributed by atoms with Gasteiger partial charge in [-0.15, -0.1) is 0 Å². The van der Waals surface area contributed by atoms with Gasteiger partial charge in [-0.25, -0.2) is 4.39 Å². The predicted molar refractivity (Wildman–Crippen MR) is 95.6 cm³/mol. The summed E-state index contributed by atoms with van der Waals surface area (Å²) in [5.41, 5.74) is 0.230. The Bertz CT molecular complexity index is 1040. The SMILES string of the molecule is O=C(Cn1nc(C(F)(F)F)cc1C1CC1)Nc1cnn(Cc2ccccc2F)c1. The van der Waals surface area contributed by atoms with Crippen molar-refractivity contribution in [2.45, 2.75) is 38.0 Å². The highest BCUT2D eigenvalue weighted by Crippen LogP contribution is 2.42. The minimum absolute atomic E-state index is 0.00918. The molecule has 0 unspecified atom stereocenters. The zero-order valence-electron chi connectivity index (χ0n) is 15.2. The maximum atomic E-state index is 13.7. The lowest BCUT2D eigenvalue weighted by molar-refractivity contribution is -0.141. The standard InChI is InChI=1S/C19H17F4N5O/c20-15-4-2-1-3-13(15)9-27-10-14(8-24-27)25-18(29)11-28-16(12-5-6-12)7-17(26-28)19(21,22)23/h1-4,7-8,10,12H,5-6,9,11H2,(H,25,29). The van der Waals surface area contributed by atoms with Crippen LogP contribution < -0.4 is 5.32 Å². The van der Waals surface area contributed by atoms with Crippen LogP contribution in [0, 0.1) is 5.82 Å². The van der Waals surface area contributed by atoms with Gasteiger partial charge in [0.05, 0.1) is 18.4 Å². The molecule has 1 aliphatic rings. The molecule has 0 bridgehead atoms. The number of benzene rings is 1. The Labute approximate surface area is 163 Å². The Hall–Kier alpha value is -3.17. The lowest BCUT2D eigenvalue weighted by Crippen LogP contribution is -2.21. The Morgan fingerprint density at radius 2 is 2.00 bits per heavy atom. The van der Waals surface area contributed by atoms with E-state index in [2.05, 4.69) is 15.5 Å². The molecule has 3 aromatic rings. The van der Waals surface area contributed by atoms with Gasteiger partial charge in [-0.05, 0) is 25.0 Å². The molecule has 152 valence electrons. The first-order chi connectivity index (χ1) is 13.8. The van der Waals surface area contributed by atoms with Crippen LogP contribution in [0.1, 0.15) is 35.7 Å². The summed E-state index contributed by atoms with van der Waals surface area (Å²) in [5, 5.41) is 10.2. The van der Waals surface area contributed by atoms with Crippen LogP contribution in [0.15, 0.2) is 42.7 Å². The van der Waals surface area contributed by atoms with E-state index in [1.807, 2.05) is 0 Å². The molecule has 29 heavy (non-hydrogen) atoms. The topological polar surface area (TPSA) is 64.7 Å². The molecule has 2 heterocycles. The molecule has 1 fully saturated rings. The van der Waals surface area contributed by atoms with Gasteiger partial charge in [0.25, 0.3) is 0 Å². The van der Waals surface area contributed by atoms with Gasteiger partial charge in [0.15, 0.2) is 5.69 Å². The van der Waals surface area contributed by atoms with Gasteiger partial charge in [0, 0.05) is 23.4 Å². The number of hydrogen-bond donors (Lipinski definition) is 1. The summed E-state index contributed by atoms with van der Waals surface area (Å²) in [6.45, 7) is -0.150. The molecule has 1 N–H and O–H groups in total. The Morgan fingerprint density at radius 3 is 2.69 bits per heavy atom. The number of carbonyl (C=O) groups excluding carboxylic acids is 1. The van der Waals surface area contributed by atoms with Crippen LogP contribution in [0.4, 0.5) is 23.2 Å². The monoisotopic (exact) mass is 407 g/mol. The molecule has 0 atom stereocenters. The number of hydrogen-bond acceptors (Lipinski definition) is 3. The second-order valence-electron chi connectivity index (χ2n) is 6.95. The summed E-state index contributed by atoms with van der Waals surface area (Å²) < 4.78 is 55.1. The van der Waals surface area contributed by atoms with Crippen LogP contribution in [-0.4, -0.2) is 25.5 Å². The molecular weight excluding hydrogens is 390 g/mol. The smallest absolute Gasteiger partial charge is 0.322 e. The van der Waals surface area contributed by atoms with Crippen molar-refractivity contribution in [3.8, 4) is 0 Å². The van der Waals surface area contributed by atoms with Gasteiger partial charge in [-0.3, -0.25) is 14.2 Å². The molecule has 1 amide bonds. The first-order valence-corrected chi connectivity index (χ1v) is 9.00. The molecular formula is C19H17F4N5O. The second-order valence-corrected chi connectivity index (χ2v) is 6.95. The highest BCUT2D eigenvalue weighted by atomic mass is 19.4. The summed E-state index contributed by atoms with van der Waals surface area (Å²) >= 11 is 0. The van der Waals surface area contributed by atoms with Crippen LogP contribution in [0.5, 0.6) is 0 Å². The largest absolute Gasteiger partial charge is 0.435 e. The van der Waals surface area contributed by atoms with Crippen LogP contribution in [0.3, 0.4) is 0 Å². The van der Waals surface area contributed by atoms with E-state index in [0.29, 0.717) is 16.9 Å². The normalized spacial score (nSPS) is 14.2. The molecule has 1 aromatic carbocycles. The molecule has 4 rings (SSSR count). The summed E-state index contributed by atoms with van der Waals surface area (Å²) in [5.74, 6) is -0.871. The van der Waals surface area contributed by atoms with E-state index in [0.717, 1.165) is 23.6 Å². The fourth-order valence-corrected chi connectivity index (χ4v) is 3.06. The van der Waals surface area contributed by atoms with Crippen LogP contribution >= 0.6 is 0 Å². The Morgan fingerprint density at radius 1 is 1.24 bits per heavy atom. The molecule has 1 aliphatic carbocycles. The van der Waals surface area contributed by atoms with Crippen LogP contribution in [0.2, 0.25) is 0 Å². The van der Waals surface area contributed by atoms with E-state index >= 15 is 0 Å². The first-order valence-electron chi connectivity index (χ1n) is 9.00. The molecule has 1 saturated carbocycles. The average molecular weight is 407 g/mol.